The maximum atomic E-state index is 10.6. The molecule has 4 nitrogen and oxygen atoms in total. The minimum Gasteiger partial charge on any atom is -0.539 e. The lowest BCUT2D eigenvalue weighted by molar-refractivity contribution is -0.303. The van der Waals surface area contributed by atoms with Crippen LogP contribution in [0.3, 0.4) is 0 Å². The molecule has 0 saturated carbocycles. The molecule has 7 heteroatoms. The summed E-state index contributed by atoms with van der Waals surface area (Å²) in [7, 11) is 0. The Bertz CT molecular complexity index is 421. The van der Waals surface area contributed by atoms with Crippen LogP contribution in [0.2, 0.25) is 15.1 Å². The van der Waals surface area contributed by atoms with Gasteiger partial charge in [-0.3, -0.25) is 0 Å². The lowest BCUT2D eigenvalue weighted by Crippen LogP contribution is -2.33. The second-order valence-electron chi connectivity index (χ2n) is 2.71. The topological polar surface area (TPSA) is 66.4 Å². The Balaban J connectivity index is 2.82. The fourth-order valence-electron chi connectivity index (χ4n) is 0.907. The van der Waals surface area contributed by atoms with Crippen molar-refractivity contribution in [2.75, 3.05) is 0 Å². The van der Waals surface area contributed by atoms with E-state index < -0.39 is 11.9 Å². The normalized spacial score (nSPS) is 9.94. The molecule has 0 aliphatic rings. The molecule has 0 saturated heterocycles. The molecule has 0 aliphatic heterocycles. The molecule has 0 aliphatic carbocycles. The highest BCUT2D eigenvalue weighted by Gasteiger charge is 2.11. The predicted octanol–water partition coefficient (Wildman–Crippen LogP) is 1.44. The molecular weight excluding hydrogens is 278 g/mol. The quantitative estimate of drug-likeness (QED) is 0.608. The smallest absolute Gasteiger partial charge is 0.354 e. The minimum absolute atomic E-state index is 0.184. The Kier molecular flexibility index (Phi) is 4.41. The first-order valence-electron chi connectivity index (χ1n) is 3.93. The molecule has 0 heterocycles. The number of esters is 1. The lowest BCUT2D eigenvalue weighted by atomic mass is 10.2. The highest BCUT2D eigenvalue weighted by atomic mass is 35.5. The van der Waals surface area contributed by atoms with E-state index in [1.807, 2.05) is 0 Å². The maximum absolute atomic E-state index is 10.6. The lowest BCUT2D eigenvalue weighted by Gasteiger charge is -2.09. The van der Waals surface area contributed by atoms with Gasteiger partial charge in [-0.25, -0.2) is 4.79 Å². The number of ether oxygens (including phenoxy) is 1. The monoisotopic (exact) mass is 281 g/mol. The van der Waals surface area contributed by atoms with E-state index in [1.165, 1.54) is 12.1 Å². The van der Waals surface area contributed by atoms with Crippen molar-refractivity contribution in [3.8, 4) is 0 Å². The second-order valence-corrected chi connectivity index (χ2v) is 3.96. The van der Waals surface area contributed by atoms with E-state index in [9.17, 15) is 14.7 Å². The van der Waals surface area contributed by atoms with Gasteiger partial charge in [0.25, 0.3) is 0 Å². The molecule has 0 radical (unpaired) electrons. The van der Waals surface area contributed by atoms with E-state index in [-0.39, 0.29) is 22.2 Å². The highest BCUT2D eigenvalue weighted by molar-refractivity contribution is 6.39. The molecular formula is C9H4Cl3O4-. The summed E-state index contributed by atoms with van der Waals surface area (Å²) >= 11 is 17.2. The SMILES string of the molecule is O=C([O-])C(=O)OCc1c(Cl)cc(Cl)cc1Cl. The van der Waals surface area contributed by atoms with Crippen molar-refractivity contribution in [2.24, 2.45) is 0 Å². The van der Waals surface area contributed by atoms with Crippen LogP contribution in [0.25, 0.3) is 0 Å². The molecule has 1 aromatic rings. The third-order valence-electron chi connectivity index (χ3n) is 1.62. The predicted molar refractivity (Wildman–Crippen MR) is 56.3 cm³/mol. The zero-order chi connectivity index (χ0) is 12.3. The summed E-state index contributed by atoms with van der Waals surface area (Å²) in [4.78, 5) is 20.7. The molecule has 0 aromatic heterocycles. The third kappa shape index (κ3) is 3.27. The first kappa shape index (κ1) is 13.1. The van der Waals surface area contributed by atoms with Gasteiger partial charge in [0.15, 0.2) is 5.97 Å². The molecule has 86 valence electrons. The van der Waals surface area contributed by atoms with Gasteiger partial charge in [-0.15, -0.1) is 0 Å². The van der Waals surface area contributed by atoms with Crippen molar-refractivity contribution in [3.63, 3.8) is 0 Å². The van der Waals surface area contributed by atoms with Crippen LogP contribution in [-0.2, 0) is 20.9 Å². The van der Waals surface area contributed by atoms with Crippen LogP contribution in [-0.4, -0.2) is 11.9 Å². The van der Waals surface area contributed by atoms with Crippen molar-refractivity contribution >= 4 is 46.7 Å². The largest absolute Gasteiger partial charge is 0.539 e. The van der Waals surface area contributed by atoms with Crippen molar-refractivity contribution in [1.82, 2.24) is 0 Å². The molecule has 16 heavy (non-hydrogen) atoms. The van der Waals surface area contributed by atoms with E-state index in [1.54, 1.807) is 0 Å². The summed E-state index contributed by atoms with van der Waals surface area (Å²) in [6.07, 6.45) is 0. The first-order valence-corrected chi connectivity index (χ1v) is 5.06. The fourth-order valence-corrected chi connectivity index (χ4v) is 1.83. The van der Waals surface area contributed by atoms with Gasteiger partial charge in [0.1, 0.15) is 6.61 Å². The number of hydrogen-bond acceptors (Lipinski definition) is 4. The van der Waals surface area contributed by atoms with Crippen molar-refractivity contribution in [2.45, 2.75) is 6.61 Å². The van der Waals surface area contributed by atoms with Crippen LogP contribution in [0.15, 0.2) is 12.1 Å². The number of carboxylic acid groups (broad SMARTS) is 1. The Morgan fingerprint density at radius 2 is 1.69 bits per heavy atom. The zero-order valence-corrected chi connectivity index (χ0v) is 9.90. The van der Waals surface area contributed by atoms with E-state index in [0.717, 1.165) is 0 Å². The summed E-state index contributed by atoms with van der Waals surface area (Å²) in [6, 6.07) is 2.80. The van der Waals surface area contributed by atoms with Gasteiger partial charge in [-0.05, 0) is 12.1 Å². The first-order chi connectivity index (χ1) is 7.41. The van der Waals surface area contributed by atoms with Crippen LogP contribution >= 0.6 is 34.8 Å². The van der Waals surface area contributed by atoms with Crippen LogP contribution in [0.5, 0.6) is 0 Å². The number of carboxylic acids is 1. The van der Waals surface area contributed by atoms with Crippen molar-refractivity contribution in [3.05, 3.63) is 32.8 Å². The summed E-state index contributed by atoms with van der Waals surface area (Å²) < 4.78 is 4.38. The fraction of sp³-hybridized carbons (Fsp3) is 0.111. The number of rotatable bonds is 2. The van der Waals surface area contributed by atoms with E-state index in [2.05, 4.69) is 4.74 Å². The summed E-state index contributed by atoms with van der Waals surface area (Å²) in [5.41, 5.74) is 0.280. The van der Waals surface area contributed by atoms with Gasteiger partial charge in [0.2, 0.25) is 0 Å². The highest BCUT2D eigenvalue weighted by Crippen LogP contribution is 2.29. The molecule has 0 N–H and O–H groups in total. The molecule has 0 amide bonds. The van der Waals surface area contributed by atoms with Gasteiger partial charge in [0.05, 0.1) is 10.0 Å². The summed E-state index contributed by atoms with van der Waals surface area (Å²) in [6.45, 7) is -0.359. The van der Waals surface area contributed by atoms with Gasteiger partial charge in [-0.2, -0.15) is 0 Å². The molecule has 0 fully saturated rings. The minimum atomic E-state index is -1.93. The third-order valence-corrected chi connectivity index (χ3v) is 2.51. The Hall–Kier alpha value is -0.970. The zero-order valence-electron chi connectivity index (χ0n) is 7.63. The molecule has 0 atom stereocenters. The Morgan fingerprint density at radius 3 is 2.12 bits per heavy atom. The standard InChI is InChI=1S/C9H5Cl3O4/c10-4-1-6(11)5(7(12)2-4)3-16-9(15)8(13)14/h1-2H,3H2,(H,13,14)/p-1. The van der Waals surface area contributed by atoms with Crippen molar-refractivity contribution in [1.29, 1.82) is 0 Å². The molecule has 0 unspecified atom stereocenters. The number of carbonyl (C=O) groups excluding carboxylic acids is 2. The number of halogens is 3. The second kappa shape index (κ2) is 5.39. The van der Waals surface area contributed by atoms with Crippen LogP contribution < -0.4 is 5.11 Å². The average molecular weight is 282 g/mol. The van der Waals surface area contributed by atoms with E-state index in [4.69, 9.17) is 34.8 Å². The van der Waals surface area contributed by atoms with Gasteiger partial charge in [-0.1, -0.05) is 34.8 Å². The summed E-state index contributed by atoms with van der Waals surface area (Å²) in [5, 5.41) is 10.8. The van der Waals surface area contributed by atoms with E-state index in [0.29, 0.717) is 5.02 Å². The molecule has 1 aromatic carbocycles. The number of hydrogen-bond donors (Lipinski definition) is 0. The average Bonchev–Trinajstić information content (AvgIpc) is 2.15. The Morgan fingerprint density at radius 1 is 1.19 bits per heavy atom. The number of aliphatic carboxylic acids is 1. The van der Waals surface area contributed by atoms with Gasteiger partial charge in [0, 0.05) is 10.6 Å². The van der Waals surface area contributed by atoms with Crippen LogP contribution in [0, 0.1) is 0 Å². The molecule has 0 bridgehead atoms. The maximum Gasteiger partial charge on any atom is 0.354 e. The molecule has 1 rings (SSSR count). The number of carbonyl (C=O) groups is 2. The number of benzene rings is 1. The van der Waals surface area contributed by atoms with Gasteiger partial charge >= 0.3 is 5.97 Å². The Labute approximate surface area is 106 Å². The van der Waals surface area contributed by atoms with Crippen LogP contribution in [0.1, 0.15) is 5.56 Å². The van der Waals surface area contributed by atoms with Gasteiger partial charge < -0.3 is 14.6 Å². The molecule has 0 spiro atoms. The summed E-state index contributed by atoms with van der Waals surface area (Å²) in [5.74, 6) is -3.41. The van der Waals surface area contributed by atoms with Crippen LogP contribution in [0.4, 0.5) is 0 Å². The van der Waals surface area contributed by atoms with E-state index >= 15 is 0 Å². The van der Waals surface area contributed by atoms with Crippen molar-refractivity contribution < 1.29 is 19.4 Å².